The van der Waals surface area contributed by atoms with Gasteiger partial charge in [0.2, 0.25) is 5.91 Å². The van der Waals surface area contributed by atoms with Crippen molar-refractivity contribution in [2.45, 2.75) is 25.4 Å². The number of benzene rings is 1. The average Bonchev–Trinajstić information content (AvgIpc) is 3.37. The molecule has 10 heteroatoms. The Labute approximate surface area is 201 Å². The molecule has 0 saturated carbocycles. The Balaban J connectivity index is 1.44. The lowest BCUT2D eigenvalue weighted by Gasteiger charge is -2.43. The SMILES string of the molecule is CN1Cc2cnc3ccc(-c4ccc5[nH]ncc5c4)nc3c2N(C2CCN(C(=O)CO)CC2)C1=O. The van der Waals surface area contributed by atoms with Gasteiger partial charge in [-0.1, -0.05) is 6.07 Å². The molecule has 1 saturated heterocycles. The van der Waals surface area contributed by atoms with Crippen LogP contribution < -0.4 is 4.90 Å². The summed E-state index contributed by atoms with van der Waals surface area (Å²) < 4.78 is 0. The molecule has 178 valence electrons. The molecule has 1 aromatic carbocycles. The molecule has 0 bridgehead atoms. The molecule has 10 nitrogen and oxygen atoms in total. The number of aromatic amines is 1. The van der Waals surface area contributed by atoms with E-state index in [1.165, 1.54) is 0 Å². The topological polar surface area (TPSA) is 119 Å². The zero-order valence-electron chi connectivity index (χ0n) is 19.3. The molecule has 2 aliphatic rings. The van der Waals surface area contributed by atoms with Crippen molar-refractivity contribution in [2.75, 3.05) is 31.6 Å². The Hall–Kier alpha value is -4.05. The van der Waals surface area contributed by atoms with Gasteiger partial charge in [0, 0.05) is 48.9 Å². The number of nitrogens with zero attached hydrogens (tertiary/aromatic N) is 6. The molecule has 3 amide bonds. The number of carbonyl (C=O) groups is 2. The van der Waals surface area contributed by atoms with Crippen molar-refractivity contribution in [1.82, 2.24) is 30.0 Å². The minimum atomic E-state index is -0.494. The van der Waals surface area contributed by atoms with E-state index in [1.807, 2.05) is 41.4 Å². The van der Waals surface area contributed by atoms with E-state index in [-0.39, 0.29) is 18.0 Å². The van der Waals surface area contributed by atoms with Gasteiger partial charge < -0.3 is 14.9 Å². The van der Waals surface area contributed by atoms with Crippen LogP contribution in [0.15, 0.2) is 42.7 Å². The molecule has 35 heavy (non-hydrogen) atoms. The van der Waals surface area contributed by atoms with E-state index in [0.29, 0.717) is 38.0 Å². The Morgan fingerprint density at radius 1 is 1.17 bits per heavy atom. The fourth-order valence-corrected chi connectivity index (χ4v) is 5.15. The maximum atomic E-state index is 13.4. The van der Waals surface area contributed by atoms with Crippen molar-refractivity contribution in [3.05, 3.63) is 48.3 Å². The zero-order valence-corrected chi connectivity index (χ0v) is 19.3. The molecule has 0 aliphatic carbocycles. The monoisotopic (exact) mass is 471 g/mol. The highest BCUT2D eigenvalue weighted by Gasteiger charge is 2.37. The second-order valence-electron chi connectivity index (χ2n) is 9.15. The minimum Gasteiger partial charge on any atom is -0.387 e. The Morgan fingerprint density at radius 2 is 2.00 bits per heavy atom. The lowest BCUT2D eigenvalue weighted by atomic mass is 9.99. The van der Waals surface area contributed by atoms with Crippen LogP contribution in [0.2, 0.25) is 0 Å². The molecule has 3 aromatic heterocycles. The van der Waals surface area contributed by atoms with Crippen LogP contribution >= 0.6 is 0 Å². The van der Waals surface area contributed by atoms with Gasteiger partial charge in [-0.15, -0.1) is 0 Å². The van der Waals surface area contributed by atoms with Gasteiger partial charge in [0.15, 0.2) is 0 Å². The van der Waals surface area contributed by atoms with Gasteiger partial charge in [0.1, 0.15) is 12.1 Å². The van der Waals surface area contributed by atoms with Gasteiger partial charge in [-0.3, -0.25) is 19.8 Å². The van der Waals surface area contributed by atoms with Crippen LogP contribution in [0.25, 0.3) is 33.2 Å². The van der Waals surface area contributed by atoms with Gasteiger partial charge >= 0.3 is 6.03 Å². The summed E-state index contributed by atoms with van der Waals surface area (Å²) in [5.41, 5.74) is 5.89. The summed E-state index contributed by atoms with van der Waals surface area (Å²) in [6.45, 7) is 0.966. The molecule has 0 unspecified atom stereocenters. The van der Waals surface area contributed by atoms with Crippen molar-refractivity contribution in [1.29, 1.82) is 0 Å². The number of H-pyrrole nitrogens is 1. The number of anilines is 1. The minimum absolute atomic E-state index is 0.0786. The molecule has 4 aromatic rings. The highest BCUT2D eigenvalue weighted by atomic mass is 16.3. The second-order valence-corrected chi connectivity index (χ2v) is 9.15. The average molecular weight is 472 g/mol. The lowest BCUT2D eigenvalue weighted by molar-refractivity contribution is -0.135. The Morgan fingerprint density at radius 3 is 2.80 bits per heavy atom. The first-order chi connectivity index (χ1) is 17.0. The van der Waals surface area contributed by atoms with E-state index < -0.39 is 6.61 Å². The van der Waals surface area contributed by atoms with E-state index >= 15 is 0 Å². The summed E-state index contributed by atoms with van der Waals surface area (Å²) in [5.74, 6) is -0.276. The predicted octanol–water partition coefficient (Wildman–Crippen LogP) is 2.53. The Kier molecular flexibility index (Phi) is 5.10. The van der Waals surface area contributed by atoms with E-state index in [4.69, 9.17) is 4.98 Å². The third-order valence-corrected chi connectivity index (χ3v) is 7.00. The van der Waals surface area contributed by atoms with Gasteiger partial charge in [-0.2, -0.15) is 5.10 Å². The lowest BCUT2D eigenvalue weighted by Crippen LogP contribution is -2.54. The number of carbonyl (C=O) groups excluding carboxylic acids is 2. The number of pyridine rings is 2. The fraction of sp³-hybridized carbons (Fsp3) is 0.320. The zero-order chi connectivity index (χ0) is 24.1. The van der Waals surface area contributed by atoms with Gasteiger partial charge in [-0.05, 0) is 37.1 Å². The number of aromatic nitrogens is 4. The number of piperidine rings is 1. The molecule has 5 heterocycles. The molecule has 2 N–H and O–H groups in total. The molecular weight excluding hydrogens is 446 g/mol. The number of likely N-dealkylation sites (tertiary alicyclic amines) is 1. The third kappa shape index (κ3) is 3.57. The number of amides is 3. The van der Waals surface area contributed by atoms with E-state index in [9.17, 15) is 14.7 Å². The maximum Gasteiger partial charge on any atom is 0.324 e. The largest absolute Gasteiger partial charge is 0.387 e. The van der Waals surface area contributed by atoms with Crippen molar-refractivity contribution >= 4 is 39.6 Å². The molecule has 0 radical (unpaired) electrons. The molecule has 0 spiro atoms. The Bertz CT molecular complexity index is 1460. The highest BCUT2D eigenvalue weighted by Crippen LogP contribution is 2.38. The number of urea groups is 1. The predicted molar refractivity (Wildman–Crippen MR) is 131 cm³/mol. The van der Waals surface area contributed by atoms with Crippen molar-refractivity contribution in [3.8, 4) is 11.3 Å². The first-order valence-corrected chi connectivity index (χ1v) is 11.7. The normalized spacial score (nSPS) is 16.9. The quantitative estimate of drug-likeness (QED) is 0.474. The molecule has 1 fully saturated rings. The number of hydrogen-bond donors (Lipinski definition) is 2. The van der Waals surface area contributed by atoms with Gasteiger partial charge in [0.05, 0.1) is 35.2 Å². The van der Waals surface area contributed by atoms with Crippen LogP contribution in [0.5, 0.6) is 0 Å². The molecule has 0 atom stereocenters. The number of aliphatic hydroxyl groups is 1. The fourth-order valence-electron chi connectivity index (χ4n) is 5.15. The van der Waals surface area contributed by atoms with Crippen LogP contribution in [0.1, 0.15) is 18.4 Å². The summed E-state index contributed by atoms with van der Waals surface area (Å²) in [5, 5.41) is 17.3. The van der Waals surface area contributed by atoms with Crippen LogP contribution in [-0.2, 0) is 11.3 Å². The number of nitrogens with one attached hydrogen (secondary N) is 1. The first-order valence-electron chi connectivity index (χ1n) is 11.7. The van der Waals surface area contributed by atoms with E-state index in [0.717, 1.165) is 38.9 Å². The number of rotatable bonds is 3. The van der Waals surface area contributed by atoms with Crippen LogP contribution in [0.4, 0.5) is 10.5 Å². The van der Waals surface area contributed by atoms with Crippen LogP contribution in [-0.4, -0.2) is 79.8 Å². The molecule has 2 aliphatic heterocycles. The summed E-state index contributed by atoms with van der Waals surface area (Å²) in [7, 11) is 1.79. The second kappa shape index (κ2) is 8.31. The van der Waals surface area contributed by atoms with Crippen LogP contribution in [0, 0.1) is 0 Å². The van der Waals surface area contributed by atoms with Crippen molar-refractivity contribution < 1.29 is 14.7 Å². The first kappa shape index (κ1) is 21.5. The number of hydrogen-bond acceptors (Lipinski definition) is 6. The number of fused-ring (bicyclic) bond motifs is 4. The smallest absolute Gasteiger partial charge is 0.324 e. The van der Waals surface area contributed by atoms with E-state index in [2.05, 4.69) is 15.2 Å². The molecule has 6 rings (SSSR count). The summed E-state index contributed by atoms with van der Waals surface area (Å²) in [4.78, 5) is 40.2. The summed E-state index contributed by atoms with van der Waals surface area (Å²) in [6, 6.07) is 9.76. The van der Waals surface area contributed by atoms with Gasteiger partial charge in [0.25, 0.3) is 0 Å². The van der Waals surface area contributed by atoms with Crippen molar-refractivity contribution in [2.24, 2.45) is 0 Å². The van der Waals surface area contributed by atoms with Gasteiger partial charge in [-0.25, -0.2) is 9.78 Å². The van der Waals surface area contributed by atoms with E-state index in [1.54, 1.807) is 23.0 Å². The van der Waals surface area contributed by atoms with Crippen molar-refractivity contribution in [3.63, 3.8) is 0 Å². The summed E-state index contributed by atoms with van der Waals surface area (Å²) in [6.07, 6.45) is 4.88. The molecular formula is C25H25N7O3. The third-order valence-electron chi connectivity index (χ3n) is 7.00. The highest BCUT2D eigenvalue weighted by molar-refractivity contribution is 6.04. The maximum absolute atomic E-state index is 13.4. The summed E-state index contributed by atoms with van der Waals surface area (Å²) >= 11 is 0. The van der Waals surface area contributed by atoms with Crippen LogP contribution in [0.3, 0.4) is 0 Å². The standard InChI is InChI=1S/C25H25N7O3/c1-30-13-17-11-26-21-5-4-19(15-2-3-20-16(10-15)12-27-29-20)28-23(21)24(17)32(25(30)35)18-6-8-31(9-7-18)22(34)14-33/h2-5,10-12,18,33H,6-9,13-14H2,1H3,(H,27,29). The number of aliphatic hydroxyl groups excluding tert-OH is 1.